The zero-order valence-electron chi connectivity index (χ0n) is 10.7. The first-order valence-electron chi connectivity index (χ1n) is 6.98. The lowest BCUT2D eigenvalue weighted by atomic mass is 9.93. The van der Waals surface area contributed by atoms with Crippen LogP contribution in [0.2, 0.25) is 0 Å². The van der Waals surface area contributed by atoms with Crippen LogP contribution < -0.4 is 16.9 Å². The summed E-state index contributed by atoms with van der Waals surface area (Å²) in [5.74, 6) is 6.64. The normalized spacial score (nSPS) is 24.9. The van der Waals surface area contributed by atoms with E-state index in [1.54, 1.807) is 0 Å². The highest BCUT2D eigenvalue weighted by atomic mass is 15.4. The number of hydrogen-bond donors (Lipinski definition) is 3. The molecule has 1 aliphatic carbocycles. The van der Waals surface area contributed by atoms with E-state index in [1.807, 2.05) is 11.2 Å². The van der Waals surface area contributed by atoms with Gasteiger partial charge in [0.1, 0.15) is 0 Å². The maximum atomic E-state index is 6.17. The molecule has 0 unspecified atom stereocenters. The SMILES string of the molecule is N/C(=C\N(N)C1CCCCC1)C1CCNCC1. The summed E-state index contributed by atoms with van der Waals surface area (Å²) < 4.78 is 0. The fourth-order valence-corrected chi connectivity index (χ4v) is 2.92. The lowest BCUT2D eigenvalue weighted by molar-refractivity contribution is 0.218. The van der Waals surface area contributed by atoms with Crippen molar-refractivity contribution >= 4 is 0 Å². The van der Waals surface area contributed by atoms with Crippen molar-refractivity contribution in [2.24, 2.45) is 17.5 Å². The Balaban J connectivity index is 1.87. The van der Waals surface area contributed by atoms with Crippen LogP contribution in [-0.4, -0.2) is 24.1 Å². The Morgan fingerprint density at radius 1 is 1.06 bits per heavy atom. The summed E-state index contributed by atoms with van der Waals surface area (Å²) in [4.78, 5) is 0. The van der Waals surface area contributed by atoms with E-state index in [4.69, 9.17) is 11.6 Å². The minimum absolute atomic E-state index is 0.504. The van der Waals surface area contributed by atoms with Crippen LogP contribution in [0.25, 0.3) is 0 Å². The molecule has 4 heteroatoms. The highest BCUT2D eigenvalue weighted by Crippen LogP contribution is 2.23. The molecule has 5 N–H and O–H groups in total. The molecular formula is C13H26N4. The molecule has 1 heterocycles. The van der Waals surface area contributed by atoms with Gasteiger partial charge in [-0.15, -0.1) is 0 Å². The maximum Gasteiger partial charge on any atom is 0.0446 e. The average Bonchev–Trinajstić information content (AvgIpc) is 2.40. The van der Waals surface area contributed by atoms with Gasteiger partial charge in [0, 0.05) is 23.9 Å². The molecule has 1 saturated carbocycles. The third-order valence-electron chi connectivity index (χ3n) is 4.11. The fraction of sp³-hybridized carbons (Fsp3) is 0.846. The molecule has 0 aromatic heterocycles. The lowest BCUT2D eigenvalue weighted by Gasteiger charge is -2.31. The largest absolute Gasteiger partial charge is 0.401 e. The number of allylic oxidation sites excluding steroid dienone is 1. The molecule has 0 radical (unpaired) electrons. The van der Waals surface area contributed by atoms with Crippen LogP contribution >= 0.6 is 0 Å². The standard InChI is InChI=1S/C13H26N4/c14-13(11-6-8-16-9-7-11)10-17(15)12-4-2-1-3-5-12/h10-12,16H,1-9,14-15H2/b13-10-. The molecule has 0 aromatic carbocycles. The van der Waals surface area contributed by atoms with Gasteiger partial charge in [0.05, 0.1) is 0 Å². The zero-order valence-corrected chi connectivity index (χ0v) is 10.7. The number of rotatable bonds is 3. The van der Waals surface area contributed by atoms with Crippen molar-refractivity contribution in [1.29, 1.82) is 0 Å². The molecule has 1 saturated heterocycles. The number of piperidine rings is 1. The molecule has 98 valence electrons. The van der Waals surface area contributed by atoms with Gasteiger partial charge in [0.25, 0.3) is 0 Å². The van der Waals surface area contributed by atoms with Crippen molar-refractivity contribution in [1.82, 2.24) is 10.3 Å². The summed E-state index contributed by atoms with van der Waals surface area (Å²) in [5, 5.41) is 5.23. The molecule has 4 nitrogen and oxygen atoms in total. The lowest BCUT2D eigenvalue weighted by Crippen LogP contribution is -2.39. The molecule has 0 atom stereocenters. The van der Waals surface area contributed by atoms with E-state index in [1.165, 1.54) is 32.1 Å². The van der Waals surface area contributed by atoms with Gasteiger partial charge in [-0.05, 0) is 38.8 Å². The average molecular weight is 238 g/mol. The third-order valence-corrected chi connectivity index (χ3v) is 4.11. The number of hydrogen-bond acceptors (Lipinski definition) is 4. The summed E-state index contributed by atoms with van der Waals surface area (Å²) in [6, 6.07) is 0.504. The smallest absolute Gasteiger partial charge is 0.0446 e. The second-order valence-corrected chi connectivity index (χ2v) is 5.39. The van der Waals surface area contributed by atoms with Gasteiger partial charge in [-0.25, -0.2) is 5.84 Å². The first-order chi connectivity index (χ1) is 8.27. The molecule has 2 aliphatic rings. The van der Waals surface area contributed by atoms with Crippen molar-refractivity contribution in [3.05, 3.63) is 11.9 Å². The van der Waals surface area contributed by atoms with E-state index in [2.05, 4.69) is 5.32 Å². The monoisotopic (exact) mass is 238 g/mol. The van der Waals surface area contributed by atoms with E-state index in [-0.39, 0.29) is 0 Å². The van der Waals surface area contributed by atoms with E-state index >= 15 is 0 Å². The van der Waals surface area contributed by atoms with Crippen LogP contribution in [0.15, 0.2) is 11.9 Å². The Morgan fingerprint density at radius 3 is 2.35 bits per heavy atom. The topological polar surface area (TPSA) is 67.3 Å². The van der Waals surface area contributed by atoms with Crippen molar-refractivity contribution < 1.29 is 0 Å². The minimum Gasteiger partial charge on any atom is -0.401 e. The number of nitrogens with one attached hydrogen (secondary N) is 1. The number of hydrazine groups is 1. The third kappa shape index (κ3) is 3.61. The summed E-state index contributed by atoms with van der Waals surface area (Å²) in [7, 11) is 0. The summed E-state index contributed by atoms with van der Waals surface area (Å²) in [6.45, 7) is 2.15. The first-order valence-corrected chi connectivity index (χ1v) is 6.98. The molecule has 2 rings (SSSR count). The van der Waals surface area contributed by atoms with Gasteiger partial charge >= 0.3 is 0 Å². The Kier molecular flexibility index (Phi) is 4.68. The first kappa shape index (κ1) is 12.7. The van der Waals surface area contributed by atoms with E-state index in [0.29, 0.717) is 12.0 Å². The van der Waals surface area contributed by atoms with Gasteiger partial charge in [0.2, 0.25) is 0 Å². The molecule has 17 heavy (non-hydrogen) atoms. The summed E-state index contributed by atoms with van der Waals surface area (Å²) >= 11 is 0. The second-order valence-electron chi connectivity index (χ2n) is 5.39. The summed E-state index contributed by atoms with van der Waals surface area (Å²) in [5.41, 5.74) is 7.14. The molecule has 0 bridgehead atoms. The number of nitrogens with two attached hydrogens (primary N) is 2. The van der Waals surface area contributed by atoms with Gasteiger partial charge < -0.3 is 16.1 Å². The van der Waals surface area contributed by atoms with Crippen LogP contribution in [0.1, 0.15) is 44.9 Å². The van der Waals surface area contributed by atoms with Crippen molar-refractivity contribution in [3.8, 4) is 0 Å². The molecule has 2 fully saturated rings. The Labute approximate surface area is 104 Å². The quantitative estimate of drug-likeness (QED) is 0.512. The van der Waals surface area contributed by atoms with Gasteiger partial charge in [0.15, 0.2) is 0 Å². The predicted octanol–water partition coefficient (Wildman–Crippen LogP) is 1.29. The van der Waals surface area contributed by atoms with Crippen molar-refractivity contribution in [3.63, 3.8) is 0 Å². The van der Waals surface area contributed by atoms with Crippen LogP contribution in [-0.2, 0) is 0 Å². The van der Waals surface area contributed by atoms with Crippen molar-refractivity contribution in [2.75, 3.05) is 13.1 Å². The molecule has 0 spiro atoms. The fourth-order valence-electron chi connectivity index (χ4n) is 2.92. The second kappa shape index (κ2) is 6.26. The Hall–Kier alpha value is -0.740. The highest BCUT2D eigenvalue weighted by Gasteiger charge is 2.19. The highest BCUT2D eigenvalue weighted by molar-refractivity contribution is 5.03. The Morgan fingerprint density at radius 2 is 1.71 bits per heavy atom. The van der Waals surface area contributed by atoms with E-state index < -0.39 is 0 Å². The maximum absolute atomic E-state index is 6.17. The van der Waals surface area contributed by atoms with E-state index in [9.17, 15) is 0 Å². The molecule has 0 aromatic rings. The van der Waals surface area contributed by atoms with Crippen LogP contribution in [0, 0.1) is 5.92 Å². The summed E-state index contributed by atoms with van der Waals surface area (Å²) in [6.07, 6.45) is 10.7. The van der Waals surface area contributed by atoms with Crippen LogP contribution in [0.5, 0.6) is 0 Å². The zero-order chi connectivity index (χ0) is 12.1. The van der Waals surface area contributed by atoms with Gasteiger partial charge in [-0.3, -0.25) is 0 Å². The van der Waals surface area contributed by atoms with E-state index in [0.717, 1.165) is 31.6 Å². The Bertz CT molecular complexity index is 252. The van der Waals surface area contributed by atoms with Crippen molar-refractivity contribution in [2.45, 2.75) is 51.0 Å². The molecule has 1 aliphatic heterocycles. The predicted molar refractivity (Wildman–Crippen MR) is 70.8 cm³/mol. The van der Waals surface area contributed by atoms with Crippen LogP contribution in [0.3, 0.4) is 0 Å². The molecule has 0 amide bonds. The van der Waals surface area contributed by atoms with Gasteiger partial charge in [-0.1, -0.05) is 19.3 Å². The molecular weight excluding hydrogens is 212 g/mol. The van der Waals surface area contributed by atoms with Crippen LogP contribution in [0.4, 0.5) is 0 Å². The number of nitrogens with zero attached hydrogens (tertiary/aromatic N) is 1. The minimum atomic E-state index is 0.504. The van der Waals surface area contributed by atoms with Gasteiger partial charge in [-0.2, -0.15) is 0 Å².